The van der Waals surface area contributed by atoms with Crippen molar-refractivity contribution in [3.63, 3.8) is 0 Å². The van der Waals surface area contributed by atoms with E-state index in [1.807, 2.05) is 11.8 Å². The molecule has 1 heterocycles. The Morgan fingerprint density at radius 1 is 1.47 bits per heavy atom. The van der Waals surface area contributed by atoms with Gasteiger partial charge in [0.25, 0.3) is 10.0 Å². The van der Waals surface area contributed by atoms with Gasteiger partial charge in [-0.3, -0.25) is 0 Å². The van der Waals surface area contributed by atoms with Gasteiger partial charge in [-0.05, 0) is 37.1 Å². The molecule has 1 aromatic rings. The molecule has 19 heavy (non-hydrogen) atoms. The third-order valence-corrected chi connectivity index (χ3v) is 5.84. The summed E-state index contributed by atoms with van der Waals surface area (Å²) in [5.41, 5.74) is 5.41. The predicted octanol–water partition coefficient (Wildman–Crippen LogP) is 1.69. The first-order valence-corrected chi connectivity index (χ1v) is 9.01. The molecule has 7 heteroatoms. The molecule has 0 saturated heterocycles. The van der Waals surface area contributed by atoms with Crippen molar-refractivity contribution in [3.05, 3.63) is 17.9 Å². The minimum Gasteiger partial charge on any atom is -0.447 e. The molecule has 1 saturated carbocycles. The van der Waals surface area contributed by atoms with Gasteiger partial charge in [-0.25, -0.2) is 13.1 Å². The van der Waals surface area contributed by atoms with E-state index in [1.54, 1.807) is 6.07 Å². The number of hydrogen-bond acceptors (Lipinski definition) is 5. The van der Waals surface area contributed by atoms with E-state index in [4.69, 9.17) is 10.2 Å². The van der Waals surface area contributed by atoms with Gasteiger partial charge in [-0.1, -0.05) is 6.92 Å². The van der Waals surface area contributed by atoms with Crippen LogP contribution in [0.25, 0.3) is 0 Å². The zero-order chi connectivity index (χ0) is 13.9. The fraction of sp³-hybridized carbons (Fsp3) is 0.667. The van der Waals surface area contributed by atoms with Gasteiger partial charge in [0.1, 0.15) is 5.76 Å². The van der Waals surface area contributed by atoms with E-state index in [9.17, 15) is 8.42 Å². The quantitative estimate of drug-likeness (QED) is 0.835. The van der Waals surface area contributed by atoms with Gasteiger partial charge in [-0.2, -0.15) is 11.8 Å². The van der Waals surface area contributed by atoms with E-state index in [1.165, 1.54) is 6.07 Å². The van der Waals surface area contributed by atoms with Gasteiger partial charge >= 0.3 is 0 Å². The van der Waals surface area contributed by atoms with Crippen molar-refractivity contribution in [1.82, 2.24) is 4.72 Å². The molecule has 0 radical (unpaired) electrons. The molecule has 0 spiro atoms. The van der Waals surface area contributed by atoms with Crippen molar-refractivity contribution in [2.24, 2.45) is 5.73 Å². The molecule has 3 N–H and O–H groups in total. The van der Waals surface area contributed by atoms with Crippen LogP contribution in [0.4, 0.5) is 0 Å². The Balaban J connectivity index is 1.98. The average molecular weight is 304 g/mol. The molecule has 2 atom stereocenters. The van der Waals surface area contributed by atoms with Crippen LogP contribution in [-0.2, 0) is 16.6 Å². The largest absolute Gasteiger partial charge is 0.447 e. The molecule has 5 nitrogen and oxygen atoms in total. The zero-order valence-electron chi connectivity index (χ0n) is 11.0. The van der Waals surface area contributed by atoms with E-state index in [0.717, 1.165) is 25.0 Å². The van der Waals surface area contributed by atoms with Gasteiger partial charge in [0, 0.05) is 11.3 Å². The Morgan fingerprint density at radius 3 is 2.89 bits per heavy atom. The Labute approximate surface area is 118 Å². The van der Waals surface area contributed by atoms with Crippen molar-refractivity contribution in [2.45, 2.75) is 49.1 Å². The van der Waals surface area contributed by atoms with Crippen molar-refractivity contribution in [2.75, 3.05) is 5.75 Å². The third-order valence-electron chi connectivity index (χ3n) is 3.21. The van der Waals surface area contributed by atoms with E-state index in [2.05, 4.69) is 11.6 Å². The minimum atomic E-state index is -3.55. The van der Waals surface area contributed by atoms with Gasteiger partial charge < -0.3 is 10.2 Å². The number of nitrogens with one attached hydrogen (secondary N) is 1. The molecule has 1 aliphatic carbocycles. The number of hydrogen-bond donors (Lipinski definition) is 2. The van der Waals surface area contributed by atoms with E-state index in [0.29, 0.717) is 11.0 Å². The van der Waals surface area contributed by atoms with Gasteiger partial charge in [0.2, 0.25) is 5.09 Å². The van der Waals surface area contributed by atoms with Gasteiger partial charge in [0.05, 0.1) is 6.54 Å². The first kappa shape index (κ1) is 14.9. The number of rotatable bonds is 6. The monoisotopic (exact) mass is 304 g/mol. The lowest BCUT2D eigenvalue weighted by Gasteiger charge is -2.12. The van der Waals surface area contributed by atoms with Crippen LogP contribution >= 0.6 is 11.8 Å². The normalized spacial score (nSPS) is 23.9. The van der Waals surface area contributed by atoms with Crippen LogP contribution in [0.3, 0.4) is 0 Å². The summed E-state index contributed by atoms with van der Waals surface area (Å²) in [6.07, 6.45) is 2.85. The Bertz CT molecular complexity index is 513. The van der Waals surface area contributed by atoms with E-state index >= 15 is 0 Å². The highest BCUT2D eigenvalue weighted by molar-refractivity contribution is 7.99. The van der Waals surface area contributed by atoms with Crippen LogP contribution in [0.1, 0.15) is 31.9 Å². The Kier molecular flexibility index (Phi) is 4.94. The molecule has 0 amide bonds. The number of furan rings is 1. The van der Waals surface area contributed by atoms with Crippen LogP contribution < -0.4 is 10.5 Å². The third kappa shape index (κ3) is 3.75. The lowest BCUT2D eigenvalue weighted by molar-refractivity contribution is 0.410. The minimum absolute atomic E-state index is 0.0143. The van der Waals surface area contributed by atoms with Crippen LogP contribution in [0.5, 0.6) is 0 Å². The Hall–Kier alpha value is -0.500. The summed E-state index contributed by atoms with van der Waals surface area (Å²) >= 11 is 1.90. The maximum atomic E-state index is 12.1. The summed E-state index contributed by atoms with van der Waals surface area (Å²) < 4.78 is 32.2. The Morgan fingerprint density at radius 2 is 2.26 bits per heavy atom. The highest BCUT2D eigenvalue weighted by Crippen LogP contribution is 2.30. The molecular weight excluding hydrogens is 284 g/mol. The highest BCUT2D eigenvalue weighted by atomic mass is 32.2. The molecular formula is C12H20N2O3S2. The molecule has 1 fully saturated rings. The molecule has 1 aliphatic rings. The molecule has 2 unspecified atom stereocenters. The summed E-state index contributed by atoms with van der Waals surface area (Å²) in [4.78, 5) is 0. The second-order valence-electron chi connectivity index (χ2n) is 4.63. The van der Waals surface area contributed by atoms with Crippen molar-refractivity contribution in [1.29, 1.82) is 0 Å². The highest BCUT2D eigenvalue weighted by Gasteiger charge is 2.29. The maximum absolute atomic E-state index is 12.1. The van der Waals surface area contributed by atoms with Crippen molar-refractivity contribution < 1.29 is 12.8 Å². The van der Waals surface area contributed by atoms with Crippen molar-refractivity contribution in [3.8, 4) is 0 Å². The average Bonchev–Trinajstić information content (AvgIpc) is 2.98. The second-order valence-corrected chi connectivity index (χ2v) is 7.86. The van der Waals surface area contributed by atoms with Crippen molar-refractivity contribution >= 4 is 21.8 Å². The first-order chi connectivity index (χ1) is 9.05. The van der Waals surface area contributed by atoms with Gasteiger partial charge in [0.15, 0.2) is 0 Å². The molecule has 108 valence electrons. The van der Waals surface area contributed by atoms with Crippen LogP contribution in [0.15, 0.2) is 21.6 Å². The standard InChI is InChI=1S/C12H20N2O3S2/c1-2-18-11-5-3-9(7-11)14-19(15,16)12-6-4-10(8-13)17-12/h4,6,9,11,14H,2-3,5,7-8,13H2,1H3. The maximum Gasteiger partial charge on any atom is 0.274 e. The summed E-state index contributed by atoms with van der Waals surface area (Å²) in [6.45, 7) is 2.33. The predicted molar refractivity (Wildman–Crippen MR) is 76.5 cm³/mol. The van der Waals surface area contributed by atoms with E-state index in [-0.39, 0.29) is 17.7 Å². The van der Waals surface area contributed by atoms with Gasteiger partial charge in [-0.15, -0.1) is 0 Å². The lowest BCUT2D eigenvalue weighted by atomic mass is 10.3. The van der Waals surface area contributed by atoms with Crippen LogP contribution in [-0.4, -0.2) is 25.5 Å². The fourth-order valence-corrected chi connectivity index (χ4v) is 4.70. The van der Waals surface area contributed by atoms with Crippen LogP contribution in [0, 0.1) is 0 Å². The molecule has 0 aromatic carbocycles. The van der Waals surface area contributed by atoms with E-state index < -0.39 is 10.0 Å². The molecule has 0 bridgehead atoms. The lowest BCUT2D eigenvalue weighted by Crippen LogP contribution is -2.32. The fourth-order valence-electron chi connectivity index (χ4n) is 2.32. The summed E-state index contributed by atoms with van der Waals surface area (Å²) in [5, 5.41) is 0.522. The number of nitrogens with two attached hydrogens (primary N) is 1. The molecule has 2 rings (SSSR count). The van der Waals surface area contributed by atoms with Crippen LogP contribution in [0.2, 0.25) is 0 Å². The topological polar surface area (TPSA) is 85.3 Å². The molecule has 0 aliphatic heterocycles. The summed E-state index contributed by atoms with van der Waals surface area (Å²) in [6, 6.07) is 3.07. The number of thioether (sulfide) groups is 1. The zero-order valence-corrected chi connectivity index (χ0v) is 12.6. The second kappa shape index (κ2) is 6.30. The molecule has 1 aromatic heterocycles. The first-order valence-electron chi connectivity index (χ1n) is 6.48. The summed E-state index contributed by atoms with van der Waals surface area (Å²) in [7, 11) is -3.55. The SMILES string of the molecule is CCSC1CCC(NS(=O)(=O)c2ccc(CN)o2)C1. The number of sulfonamides is 1. The smallest absolute Gasteiger partial charge is 0.274 e. The summed E-state index contributed by atoms with van der Waals surface area (Å²) in [5.74, 6) is 1.55.